The van der Waals surface area contributed by atoms with Gasteiger partial charge in [0.05, 0.1) is 16.8 Å². The van der Waals surface area contributed by atoms with E-state index in [1.165, 1.54) is 0 Å². The van der Waals surface area contributed by atoms with Crippen molar-refractivity contribution in [1.82, 2.24) is 15.1 Å². The summed E-state index contributed by atoms with van der Waals surface area (Å²) < 4.78 is 7.99. The highest BCUT2D eigenvalue weighted by atomic mass is 79.9. The van der Waals surface area contributed by atoms with Gasteiger partial charge in [-0.05, 0) is 42.6 Å². The van der Waals surface area contributed by atoms with E-state index in [9.17, 15) is 4.79 Å². The second-order valence-corrected chi connectivity index (χ2v) is 5.54. The molecule has 0 fully saturated rings. The lowest BCUT2D eigenvalue weighted by Gasteiger charge is -2.15. The van der Waals surface area contributed by atoms with E-state index in [-0.39, 0.29) is 18.1 Å². The second kappa shape index (κ2) is 8.32. The fourth-order valence-electron chi connectivity index (χ4n) is 1.70. The molecular formula is C13H22BrN3O2. The van der Waals surface area contributed by atoms with E-state index in [1.54, 1.807) is 10.9 Å². The average Bonchev–Trinajstić information content (AvgIpc) is 2.76. The van der Waals surface area contributed by atoms with Crippen molar-refractivity contribution in [2.45, 2.75) is 45.8 Å². The van der Waals surface area contributed by atoms with E-state index in [4.69, 9.17) is 4.74 Å². The van der Waals surface area contributed by atoms with Crippen LogP contribution < -0.4 is 5.32 Å². The number of ether oxygens (including phenoxy) is 1. The van der Waals surface area contributed by atoms with Crippen molar-refractivity contribution >= 4 is 21.8 Å². The zero-order valence-corrected chi connectivity index (χ0v) is 13.3. The maximum Gasteiger partial charge on any atom is 0.244 e. The van der Waals surface area contributed by atoms with Crippen molar-refractivity contribution in [3.05, 3.63) is 16.9 Å². The molecule has 0 aliphatic carbocycles. The molecule has 1 aromatic heterocycles. The summed E-state index contributed by atoms with van der Waals surface area (Å²) in [5.41, 5.74) is 0. The van der Waals surface area contributed by atoms with Crippen LogP contribution in [0.2, 0.25) is 0 Å². The van der Waals surface area contributed by atoms with E-state index in [0.29, 0.717) is 19.6 Å². The first kappa shape index (κ1) is 16.2. The van der Waals surface area contributed by atoms with Crippen molar-refractivity contribution in [2.75, 3.05) is 13.2 Å². The molecule has 1 heterocycles. The quantitative estimate of drug-likeness (QED) is 0.744. The lowest BCUT2D eigenvalue weighted by Crippen LogP contribution is -2.33. The Hall–Kier alpha value is -0.880. The van der Waals surface area contributed by atoms with Gasteiger partial charge >= 0.3 is 0 Å². The Bertz CT molecular complexity index is 393. The Kier molecular flexibility index (Phi) is 7.09. The van der Waals surface area contributed by atoms with Gasteiger partial charge in [0.2, 0.25) is 5.91 Å². The number of amides is 1. The van der Waals surface area contributed by atoms with E-state index in [1.807, 2.05) is 27.0 Å². The van der Waals surface area contributed by atoms with Gasteiger partial charge in [-0.2, -0.15) is 5.10 Å². The normalized spacial score (nSPS) is 12.7. The first-order chi connectivity index (χ1) is 9.04. The van der Waals surface area contributed by atoms with Crippen LogP contribution in [-0.4, -0.2) is 34.9 Å². The van der Waals surface area contributed by atoms with Crippen LogP contribution in [0.5, 0.6) is 0 Å². The summed E-state index contributed by atoms with van der Waals surface area (Å²) >= 11 is 3.33. The maximum atomic E-state index is 12.1. The molecule has 1 atom stereocenters. The Balaban J connectivity index is 2.34. The molecule has 108 valence electrons. The Morgan fingerprint density at radius 1 is 1.58 bits per heavy atom. The molecular weight excluding hydrogens is 310 g/mol. The minimum atomic E-state index is -0.252. The summed E-state index contributed by atoms with van der Waals surface area (Å²) in [4.78, 5) is 12.1. The number of carbonyl (C=O) groups is 1. The first-order valence-electron chi connectivity index (χ1n) is 6.63. The highest BCUT2D eigenvalue weighted by molar-refractivity contribution is 9.10. The molecule has 1 rings (SSSR count). The molecule has 0 aliphatic heterocycles. The molecule has 0 radical (unpaired) electrons. The van der Waals surface area contributed by atoms with Crippen molar-refractivity contribution in [3.8, 4) is 0 Å². The Morgan fingerprint density at radius 3 is 2.84 bits per heavy atom. The van der Waals surface area contributed by atoms with Crippen LogP contribution in [0, 0.1) is 0 Å². The van der Waals surface area contributed by atoms with Gasteiger partial charge in [0.15, 0.2) is 0 Å². The fourth-order valence-corrected chi connectivity index (χ4v) is 2.00. The molecule has 6 heteroatoms. The smallest absolute Gasteiger partial charge is 0.244 e. The van der Waals surface area contributed by atoms with Crippen LogP contribution in [-0.2, 0) is 9.53 Å². The monoisotopic (exact) mass is 331 g/mol. The van der Waals surface area contributed by atoms with Crippen LogP contribution in [0.15, 0.2) is 16.9 Å². The number of hydrogen-bond acceptors (Lipinski definition) is 3. The molecule has 1 aromatic rings. The highest BCUT2D eigenvalue weighted by Gasteiger charge is 2.18. The van der Waals surface area contributed by atoms with E-state index < -0.39 is 0 Å². The minimum absolute atomic E-state index is 0.00245. The molecule has 5 nitrogen and oxygen atoms in total. The third-order valence-electron chi connectivity index (χ3n) is 2.65. The van der Waals surface area contributed by atoms with Crippen LogP contribution in [0.1, 0.15) is 39.7 Å². The number of aromatic nitrogens is 2. The van der Waals surface area contributed by atoms with Gasteiger partial charge in [-0.25, -0.2) is 0 Å². The van der Waals surface area contributed by atoms with Crippen molar-refractivity contribution in [1.29, 1.82) is 0 Å². The van der Waals surface area contributed by atoms with E-state index >= 15 is 0 Å². The Labute approximate surface area is 122 Å². The number of nitrogens with one attached hydrogen (secondary N) is 1. The van der Waals surface area contributed by atoms with Crippen LogP contribution in [0.3, 0.4) is 0 Å². The summed E-state index contributed by atoms with van der Waals surface area (Å²) in [7, 11) is 0. The number of nitrogens with zero attached hydrogens (tertiary/aromatic N) is 2. The number of halogens is 1. The molecule has 0 saturated carbocycles. The van der Waals surface area contributed by atoms with Gasteiger partial charge < -0.3 is 10.1 Å². The average molecular weight is 332 g/mol. The summed E-state index contributed by atoms with van der Waals surface area (Å²) in [5.74, 6) is 0.00245. The summed E-state index contributed by atoms with van der Waals surface area (Å²) in [5, 5.41) is 7.08. The third-order valence-corrected chi connectivity index (χ3v) is 3.06. The zero-order valence-electron chi connectivity index (χ0n) is 11.7. The number of rotatable bonds is 8. The van der Waals surface area contributed by atoms with Crippen LogP contribution in [0.4, 0.5) is 0 Å². The third kappa shape index (κ3) is 5.74. The molecule has 0 saturated heterocycles. The molecule has 0 bridgehead atoms. The van der Waals surface area contributed by atoms with Gasteiger partial charge in [0.1, 0.15) is 6.04 Å². The van der Waals surface area contributed by atoms with E-state index in [2.05, 4.69) is 26.3 Å². The first-order valence-corrected chi connectivity index (χ1v) is 7.42. The highest BCUT2D eigenvalue weighted by Crippen LogP contribution is 2.14. The number of carbonyl (C=O) groups excluding carboxylic acids is 1. The number of hydrogen-bond donors (Lipinski definition) is 1. The van der Waals surface area contributed by atoms with Gasteiger partial charge in [-0.1, -0.05) is 6.92 Å². The van der Waals surface area contributed by atoms with Crippen LogP contribution >= 0.6 is 15.9 Å². The maximum absolute atomic E-state index is 12.1. The molecule has 1 unspecified atom stereocenters. The predicted molar refractivity (Wildman–Crippen MR) is 78.0 cm³/mol. The van der Waals surface area contributed by atoms with Gasteiger partial charge in [-0.3, -0.25) is 9.48 Å². The standard InChI is InChI=1S/C13H22BrN3O2/c1-4-12(17-9-11(14)8-16-17)13(18)15-6-5-7-19-10(2)3/h8-10,12H,4-7H2,1-3H3,(H,15,18). The molecule has 1 amide bonds. The zero-order chi connectivity index (χ0) is 14.3. The lowest BCUT2D eigenvalue weighted by atomic mass is 10.2. The summed E-state index contributed by atoms with van der Waals surface area (Å²) in [6, 6.07) is -0.252. The molecule has 0 aliphatic rings. The minimum Gasteiger partial charge on any atom is -0.379 e. The van der Waals surface area contributed by atoms with Crippen molar-refractivity contribution < 1.29 is 9.53 Å². The molecule has 1 N–H and O–H groups in total. The van der Waals surface area contributed by atoms with Crippen molar-refractivity contribution in [3.63, 3.8) is 0 Å². The van der Waals surface area contributed by atoms with E-state index in [0.717, 1.165) is 10.9 Å². The van der Waals surface area contributed by atoms with Gasteiger partial charge in [-0.15, -0.1) is 0 Å². The summed E-state index contributed by atoms with van der Waals surface area (Å²) in [6.07, 6.45) is 5.27. The second-order valence-electron chi connectivity index (χ2n) is 4.63. The molecule has 0 aromatic carbocycles. The largest absolute Gasteiger partial charge is 0.379 e. The van der Waals surface area contributed by atoms with Gasteiger partial charge in [0.25, 0.3) is 0 Å². The molecule has 19 heavy (non-hydrogen) atoms. The fraction of sp³-hybridized carbons (Fsp3) is 0.692. The van der Waals surface area contributed by atoms with Crippen molar-refractivity contribution in [2.24, 2.45) is 0 Å². The SMILES string of the molecule is CCC(C(=O)NCCCOC(C)C)n1cc(Br)cn1. The van der Waals surface area contributed by atoms with Crippen LogP contribution in [0.25, 0.3) is 0 Å². The Morgan fingerprint density at radius 2 is 2.32 bits per heavy atom. The predicted octanol–water partition coefficient (Wildman–Crippen LogP) is 2.53. The van der Waals surface area contributed by atoms with Gasteiger partial charge in [0, 0.05) is 19.3 Å². The lowest BCUT2D eigenvalue weighted by molar-refractivity contribution is -0.124. The summed E-state index contributed by atoms with van der Waals surface area (Å²) in [6.45, 7) is 7.27. The topological polar surface area (TPSA) is 56.1 Å². The molecule has 0 spiro atoms.